The van der Waals surface area contributed by atoms with Crippen molar-refractivity contribution in [1.82, 2.24) is 0 Å². The Morgan fingerprint density at radius 1 is 1.00 bits per heavy atom. The molecule has 2 aromatic carbocycles. The van der Waals surface area contributed by atoms with Crippen LogP contribution in [0.5, 0.6) is 0 Å². The molecule has 0 aliphatic carbocycles. The summed E-state index contributed by atoms with van der Waals surface area (Å²) in [7, 11) is 1.45. The van der Waals surface area contributed by atoms with Gasteiger partial charge in [-0.1, -0.05) is 42.5 Å². The summed E-state index contributed by atoms with van der Waals surface area (Å²) in [6.45, 7) is -0.0478. The third-order valence-electron chi connectivity index (χ3n) is 2.76. The Balaban J connectivity index is 2.28. The first-order valence-electron chi connectivity index (χ1n) is 6.20. The maximum absolute atomic E-state index is 12.4. The summed E-state index contributed by atoms with van der Waals surface area (Å²) in [4.78, 5) is 24.0. The summed E-state index contributed by atoms with van der Waals surface area (Å²) in [6, 6.07) is 15.9. The predicted molar refractivity (Wildman–Crippen MR) is 76.8 cm³/mol. The molecular formula is C16H15NO3. The number of carbonyl (C=O) groups excluding carboxylic acids is 2. The zero-order valence-electron chi connectivity index (χ0n) is 11.1. The minimum Gasteiger partial charge on any atom is -0.375 e. The molecular weight excluding hydrogens is 254 g/mol. The minimum absolute atomic E-state index is 0.0478. The molecule has 2 rings (SSSR count). The Hall–Kier alpha value is -2.46. The molecule has 0 aliphatic rings. The van der Waals surface area contributed by atoms with Gasteiger partial charge in [0.2, 0.25) is 5.91 Å². The summed E-state index contributed by atoms with van der Waals surface area (Å²) in [5.41, 5.74) is 1.53. The van der Waals surface area contributed by atoms with E-state index >= 15 is 0 Å². The van der Waals surface area contributed by atoms with Crippen LogP contribution >= 0.6 is 0 Å². The average molecular weight is 269 g/mol. The van der Waals surface area contributed by atoms with Gasteiger partial charge >= 0.3 is 0 Å². The SMILES string of the molecule is COCC(=O)Nc1ccccc1C(=O)c1ccccc1. The van der Waals surface area contributed by atoms with Crippen molar-refractivity contribution >= 4 is 17.4 Å². The smallest absolute Gasteiger partial charge is 0.250 e. The van der Waals surface area contributed by atoms with Gasteiger partial charge in [-0.2, -0.15) is 0 Å². The Morgan fingerprint density at radius 3 is 2.35 bits per heavy atom. The van der Waals surface area contributed by atoms with Crippen LogP contribution in [0, 0.1) is 0 Å². The van der Waals surface area contributed by atoms with Crippen molar-refractivity contribution in [3.8, 4) is 0 Å². The molecule has 4 heteroatoms. The molecule has 0 spiro atoms. The van der Waals surface area contributed by atoms with Gasteiger partial charge in [-0.25, -0.2) is 0 Å². The zero-order chi connectivity index (χ0) is 14.4. The average Bonchev–Trinajstić information content (AvgIpc) is 2.48. The molecule has 1 N–H and O–H groups in total. The van der Waals surface area contributed by atoms with Crippen molar-refractivity contribution in [3.05, 3.63) is 65.7 Å². The summed E-state index contributed by atoms with van der Waals surface area (Å²) in [5, 5.41) is 2.68. The number of ketones is 1. The number of hydrogen-bond donors (Lipinski definition) is 1. The van der Waals surface area contributed by atoms with Gasteiger partial charge in [0, 0.05) is 18.2 Å². The first kappa shape index (κ1) is 14.0. The van der Waals surface area contributed by atoms with Crippen LogP contribution < -0.4 is 5.32 Å². The lowest BCUT2D eigenvalue weighted by Crippen LogP contribution is -2.19. The van der Waals surface area contributed by atoms with Gasteiger partial charge in [-0.15, -0.1) is 0 Å². The van der Waals surface area contributed by atoms with E-state index in [0.717, 1.165) is 0 Å². The van der Waals surface area contributed by atoms with E-state index in [9.17, 15) is 9.59 Å². The highest BCUT2D eigenvalue weighted by Gasteiger charge is 2.14. The van der Waals surface area contributed by atoms with Gasteiger partial charge in [0.1, 0.15) is 6.61 Å². The number of amides is 1. The zero-order valence-corrected chi connectivity index (χ0v) is 11.1. The number of carbonyl (C=O) groups is 2. The molecule has 0 radical (unpaired) electrons. The Kier molecular flexibility index (Phi) is 4.63. The number of para-hydroxylation sites is 1. The van der Waals surface area contributed by atoms with Crippen molar-refractivity contribution in [3.63, 3.8) is 0 Å². The number of rotatable bonds is 5. The normalized spacial score (nSPS) is 10.1. The van der Waals surface area contributed by atoms with Crippen LogP contribution in [0.15, 0.2) is 54.6 Å². The molecule has 20 heavy (non-hydrogen) atoms. The number of nitrogens with one attached hydrogen (secondary N) is 1. The molecule has 0 atom stereocenters. The van der Waals surface area contributed by atoms with Crippen LogP contribution in [0.1, 0.15) is 15.9 Å². The van der Waals surface area contributed by atoms with E-state index in [4.69, 9.17) is 4.74 Å². The van der Waals surface area contributed by atoms with Crippen LogP contribution in [0.2, 0.25) is 0 Å². The van der Waals surface area contributed by atoms with E-state index in [1.807, 2.05) is 6.07 Å². The number of methoxy groups -OCH3 is 1. The lowest BCUT2D eigenvalue weighted by molar-refractivity contribution is -0.119. The summed E-state index contributed by atoms with van der Waals surface area (Å²) in [5.74, 6) is -0.417. The van der Waals surface area contributed by atoms with Gasteiger partial charge in [-0.05, 0) is 12.1 Å². The van der Waals surface area contributed by atoms with E-state index in [1.165, 1.54) is 7.11 Å². The number of anilines is 1. The van der Waals surface area contributed by atoms with Gasteiger partial charge in [0.05, 0.1) is 5.69 Å². The first-order chi connectivity index (χ1) is 9.72. The topological polar surface area (TPSA) is 55.4 Å². The molecule has 102 valence electrons. The molecule has 0 aromatic heterocycles. The fourth-order valence-corrected chi connectivity index (χ4v) is 1.85. The number of ether oxygens (including phenoxy) is 1. The van der Waals surface area contributed by atoms with Crippen LogP contribution in [0.4, 0.5) is 5.69 Å². The van der Waals surface area contributed by atoms with Crippen molar-refractivity contribution < 1.29 is 14.3 Å². The van der Waals surface area contributed by atoms with E-state index in [2.05, 4.69) is 5.32 Å². The van der Waals surface area contributed by atoms with Crippen LogP contribution in [0.3, 0.4) is 0 Å². The highest BCUT2D eigenvalue weighted by molar-refractivity contribution is 6.13. The van der Waals surface area contributed by atoms with Gasteiger partial charge in [0.15, 0.2) is 5.78 Å². The standard InChI is InChI=1S/C16H15NO3/c1-20-11-15(18)17-14-10-6-5-9-13(14)16(19)12-7-3-2-4-8-12/h2-10H,11H2,1H3,(H,17,18). The fourth-order valence-electron chi connectivity index (χ4n) is 1.85. The van der Waals surface area contributed by atoms with Gasteiger partial charge < -0.3 is 10.1 Å². The van der Waals surface area contributed by atoms with Crippen molar-refractivity contribution in [2.24, 2.45) is 0 Å². The maximum Gasteiger partial charge on any atom is 0.250 e. The molecule has 4 nitrogen and oxygen atoms in total. The second-order valence-electron chi connectivity index (χ2n) is 4.22. The van der Waals surface area contributed by atoms with Gasteiger partial charge in [-0.3, -0.25) is 9.59 Å². The summed E-state index contributed by atoms with van der Waals surface area (Å²) < 4.78 is 4.76. The largest absolute Gasteiger partial charge is 0.375 e. The molecule has 0 saturated heterocycles. The van der Waals surface area contributed by atoms with Crippen molar-refractivity contribution in [2.45, 2.75) is 0 Å². The van der Waals surface area contributed by atoms with Crippen molar-refractivity contribution in [1.29, 1.82) is 0 Å². The quantitative estimate of drug-likeness (QED) is 0.848. The number of hydrogen-bond acceptors (Lipinski definition) is 3. The monoisotopic (exact) mass is 269 g/mol. The predicted octanol–water partition coefficient (Wildman–Crippen LogP) is 2.50. The van der Waals surface area contributed by atoms with E-state index < -0.39 is 0 Å². The molecule has 0 heterocycles. The highest BCUT2D eigenvalue weighted by Crippen LogP contribution is 2.19. The Bertz CT molecular complexity index is 608. The van der Waals surface area contributed by atoms with Crippen molar-refractivity contribution in [2.75, 3.05) is 19.0 Å². The second-order valence-corrected chi connectivity index (χ2v) is 4.22. The number of benzene rings is 2. The Labute approximate surface area is 117 Å². The van der Waals surface area contributed by atoms with E-state index in [1.54, 1.807) is 48.5 Å². The lowest BCUT2D eigenvalue weighted by Gasteiger charge is -2.10. The minimum atomic E-state index is -0.291. The third kappa shape index (κ3) is 3.30. The maximum atomic E-state index is 12.4. The lowest BCUT2D eigenvalue weighted by atomic mass is 10.0. The van der Waals surface area contributed by atoms with Crippen LogP contribution in [-0.4, -0.2) is 25.4 Å². The molecule has 0 bridgehead atoms. The third-order valence-corrected chi connectivity index (χ3v) is 2.76. The van der Waals surface area contributed by atoms with Gasteiger partial charge in [0.25, 0.3) is 0 Å². The molecule has 0 saturated carbocycles. The molecule has 0 aliphatic heterocycles. The Morgan fingerprint density at radius 2 is 1.65 bits per heavy atom. The van der Waals surface area contributed by atoms with Crippen LogP contribution in [0.25, 0.3) is 0 Å². The van der Waals surface area contributed by atoms with E-state index in [-0.39, 0.29) is 18.3 Å². The molecule has 2 aromatic rings. The fraction of sp³-hybridized carbons (Fsp3) is 0.125. The molecule has 1 amide bonds. The summed E-state index contributed by atoms with van der Waals surface area (Å²) in [6.07, 6.45) is 0. The van der Waals surface area contributed by atoms with Crippen LogP contribution in [-0.2, 0) is 9.53 Å². The van der Waals surface area contributed by atoms with E-state index in [0.29, 0.717) is 16.8 Å². The highest BCUT2D eigenvalue weighted by atomic mass is 16.5. The summed E-state index contributed by atoms with van der Waals surface area (Å²) >= 11 is 0. The first-order valence-corrected chi connectivity index (χ1v) is 6.20. The molecule has 0 unspecified atom stereocenters. The second kappa shape index (κ2) is 6.63. The molecule has 0 fully saturated rings.